The van der Waals surface area contributed by atoms with Crippen molar-refractivity contribution in [3.05, 3.63) is 65.5 Å². The highest BCUT2D eigenvalue weighted by atomic mass is 19.1. The van der Waals surface area contributed by atoms with Crippen molar-refractivity contribution in [2.24, 2.45) is 0 Å². The summed E-state index contributed by atoms with van der Waals surface area (Å²) in [5.74, 6) is -1.57. The quantitative estimate of drug-likeness (QED) is 0.859. The van der Waals surface area contributed by atoms with Gasteiger partial charge in [0.15, 0.2) is 0 Å². The van der Waals surface area contributed by atoms with Gasteiger partial charge in [0.05, 0.1) is 25.1 Å². The number of ether oxygens (including phenoxy) is 1. The van der Waals surface area contributed by atoms with Gasteiger partial charge in [0.1, 0.15) is 11.6 Å². The second-order valence-electron chi connectivity index (χ2n) is 4.88. The molecule has 0 saturated carbocycles. The van der Waals surface area contributed by atoms with Gasteiger partial charge >= 0.3 is 5.97 Å². The van der Waals surface area contributed by atoms with Crippen molar-refractivity contribution in [1.29, 1.82) is 0 Å². The first kappa shape index (κ1) is 16.5. The number of para-hydroxylation sites is 1. The molecule has 0 saturated heterocycles. The Morgan fingerprint density at radius 1 is 1.17 bits per heavy atom. The minimum atomic E-state index is -1.07. The number of carbonyl (C=O) groups excluding carboxylic acids is 1. The van der Waals surface area contributed by atoms with Crippen LogP contribution in [0.15, 0.2) is 48.5 Å². The van der Waals surface area contributed by atoms with Gasteiger partial charge in [0.25, 0.3) is 5.91 Å². The zero-order valence-corrected chi connectivity index (χ0v) is 12.5. The third-order valence-electron chi connectivity index (χ3n) is 3.31. The monoisotopic (exact) mass is 317 g/mol. The smallest absolute Gasteiger partial charge is 0.305 e. The number of aliphatic carboxylic acids is 1. The average molecular weight is 317 g/mol. The van der Waals surface area contributed by atoms with E-state index in [-0.39, 0.29) is 6.42 Å². The molecular weight excluding hydrogens is 301 g/mol. The Hall–Kier alpha value is -2.89. The molecule has 0 aliphatic rings. The highest BCUT2D eigenvalue weighted by molar-refractivity contribution is 5.97. The van der Waals surface area contributed by atoms with Crippen LogP contribution in [-0.2, 0) is 4.79 Å². The fourth-order valence-corrected chi connectivity index (χ4v) is 2.19. The van der Waals surface area contributed by atoms with E-state index in [4.69, 9.17) is 9.84 Å². The summed E-state index contributed by atoms with van der Waals surface area (Å²) in [6, 6.07) is 11.2. The second kappa shape index (κ2) is 7.40. The standard InChI is InChI=1S/C17H16FNO4/c1-23-15-5-3-2-4-13(15)17(22)19-14(10-16(20)21)11-6-8-12(18)9-7-11/h2-9,14H,10H2,1H3,(H,19,22)(H,20,21)/t14-/m0/s1. The van der Waals surface area contributed by atoms with E-state index in [1.165, 1.54) is 31.4 Å². The Morgan fingerprint density at radius 3 is 2.43 bits per heavy atom. The molecule has 2 aromatic rings. The van der Waals surface area contributed by atoms with Crippen LogP contribution in [0.2, 0.25) is 0 Å². The summed E-state index contributed by atoms with van der Waals surface area (Å²) >= 11 is 0. The zero-order valence-electron chi connectivity index (χ0n) is 12.5. The number of benzene rings is 2. The van der Waals surface area contributed by atoms with Gasteiger partial charge in [0, 0.05) is 0 Å². The van der Waals surface area contributed by atoms with Crippen molar-refractivity contribution in [2.45, 2.75) is 12.5 Å². The van der Waals surface area contributed by atoms with Gasteiger partial charge in [-0.1, -0.05) is 24.3 Å². The molecule has 0 aliphatic heterocycles. The molecule has 2 aromatic carbocycles. The number of nitrogens with one attached hydrogen (secondary N) is 1. The maximum absolute atomic E-state index is 13.0. The molecule has 23 heavy (non-hydrogen) atoms. The Kier molecular flexibility index (Phi) is 5.30. The molecule has 1 atom stereocenters. The first-order chi connectivity index (χ1) is 11.0. The molecule has 6 heteroatoms. The molecule has 2 N–H and O–H groups in total. The first-order valence-corrected chi connectivity index (χ1v) is 6.92. The van der Waals surface area contributed by atoms with E-state index < -0.39 is 23.7 Å². The summed E-state index contributed by atoms with van der Waals surface area (Å²) in [5, 5.41) is 11.7. The van der Waals surface area contributed by atoms with E-state index >= 15 is 0 Å². The maximum atomic E-state index is 13.0. The van der Waals surface area contributed by atoms with Crippen LogP contribution < -0.4 is 10.1 Å². The maximum Gasteiger partial charge on any atom is 0.305 e. The van der Waals surface area contributed by atoms with Crippen molar-refractivity contribution >= 4 is 11.9 Å². The van der Waals surface area contributed by atoms with Crippen LogP contribution in [0.4, 0.5) is 4.39 Å². The van der Waals surface area contributed by atoms with Crippen LogP contribution in [0.3, 0.4) is 0 Å². The van der Waals surface area contributed by atoms with E-state index in [1.807, 2.05) is 0 Å². The molecule has 0 aromatic heterocycles. The lowest BCUT2D eigenvalue weighted by molar-refractivity contribution is -0.137. The van der Waals surface area contributed by atoms with Crippen LogP contribution >= 0.6 is 0 Å². The van der Waals surface area contributed by atoms with E-state index in [1.54, 1.807) is 24.3 Å². The predicted octanol–water partition coefficient (Wildman–Crippen LogP) is 2.78. The molecule has 0 heterocycles. The minimum absolute atomic E-state index is 0.299. The van der Waals surface area contributed by atoms with Crippen molar-refractivity contribution < 1.29 is 23.8 Å². The number of hydrogen-bond acceptors (Lipinski definition) is 3. The van der Waals surface area contributed by atoms with Gasteiger partial charge in [0.2, 0.25) is 0 Å². The van der Waals surface area contributed by atoms with Crippen molar-refractivity contribution in [3.8, 4) is 5.75 Å². The molecule has 0 bridgehead atoms. The Morgan fingerprint density at radius 2 is 1.83 bits per heavy atom. The van der Waals surface area contributed by atoms with Gasteiger partial charge in [-0.25, -0.2) is 4.39 Å². The Bertz CT molecular complexity index is 700. The summed E-state index contributed by atoms with van der Waals surface area (Å²) in [6.45, 7) is 0. The normalized spacial score (nSPS) is 11.6. The number of halogens is 1. The summed E-state index contributed by atoms with van der Waals surface area (Å²) < 4.78 is 18.1. The number of carboxylic acids is 1. The summed E-state index contributed by atoms with van der Waals surface area (Å²) in [6.07, 6.45) is -0.313. The average Bonchev–Trinajstić information content (AvgIpc) is 2.54. The third kappa shape index (κ3) is 4.29. The van der Waals surface area contributed by atoms with E-state index in [9.17, 15) is 14.0 Å². The van der Waals surface area contributed by atoms with Crippen molar-refractivity contribution in [1.82, 2.24) is 5.32 Å². The van der Waals surface area contributed by atoms with Crippen LogP contribution in [-0.4, -0.2) is 24.1 Å². The molecule has 0 fully saturated rings. The minimum Gasteiger partial charge on any atom is -0.496 e. The molecule has 0 spiro atoms. The predicted molar refractivity (Wildman–Crippen MR) is 81.9 cm³/mol. The zero-order chi connectivity index (χ0) is 16.8. The highest BCUT2D eigenvalue weighted by Gasteiger charge is 2.20. The second-order valence-corrected chi connectivity index (χ2v) is 4.88. The van der Waals surface area contributed by atoms with Gasteiger partial charge in [-0.3, -0.25) is 9.59 Å². The number of hydrogen-bond donors (Lipinski definition) is 2. The number of carbonyl (C=O) groups is 2. The van der Waals surface area contributed by atoms with Crippen LogP contribution in [0, 0.1) is 5.82 Å². The Balaban J connectivity index is 2.25. The van der Waals surface area contributed by atoms with E-state index in [0.717, 1.165) is 0 Å². The van der Waals surface area contributed by atoms with Crippen LogP contribution in [0.1, 0.15) is 28.4 Å². The van der Waals surface area contributed by atoms with E-state index in [0.29, 0.717) is 16.9 Å². The molecule has 0 radical (unpaired) electrons. The fourth-order valence-electron chi connectivity index (χ4n) is 2.19. The number of amides is 1. The number of carboxylic acid groups (broad SMARTS) is 1. The molecule has 2 rings (SSSR count). The molecule has 0 unspecified atom stereocenters. The molecule has 120 valence electrons. The lowest BCUT2D eigenvalue weighted by atomic mass is 10.0. The highest BCUT2D eigenvalue weighted by Crippen LogP contribution is 2.21. The summed E-state index contributed by atoms with van der Waals surface area (Å²) in [7, 11) is 1.45. The van der Waals surface area contributed by atoms with E-state index in [2.05, 4.69) is 5.32 Å². The van der Waals surface area contributed by atoms with Gasteiger partial charge < -0.3 is 15.2 Å². The Labute approximate surface area is 132 Å². The van der Waals surface area contributed by atoms with Crippen molar-refractivity contribution in [3.63, 3.8) is 0 Å². The molecular formula is C17H16FNO4. The summed E-state index contributed by atoms with van der Waals surface area (Å²) in [5.41, 5.74) is 0.810. The van der Waals surface area contributed by atoms with Crippen molar-refractivity contribution in [2.75, 3.05) is 7.11 Å². The number of rotatable bonds is 6. The van der Waals surface area contributed by atoms with Gasteiger partial charge in [-0.15, -0.1) is 0 Å². The third-order valence-corrected chi connectivity index (χ3v) is 3.31. The van der Waals surface area contributed by atoms with Gasteiger partial charge in [-0.05, 0) is 29.8 Å². The molecule has 5 nitrogen and oxygen atoms in total. The van der Waals surface area contributed by atoms with Crippen LogP contribution in [0.25, 0.3) is 0 Å². The fraction of sp³-hybridized carbons (Fsp3) is 0.176. The summed E-state index contributed by atoms with van der Waals surface area (Å²) in [4.78, 5) is 23.4. The number of methoxy groups -OCH3 is 1. The lowest BCUT2D eigenvalue weighted by Gasteiger charge is -2.18. The molecule has 1 amide bonds. The lowest BCUT2D eigenvalue weighted by Crippen LogP contribution is -2.30. The van der Waals surface area contributed by atoms with Crippen LogP contribution in [0.5, 0.6) is 5.75 Å². The SMILES string of the molecule is COc1ccccc1C(=O)N[C@@H](CC(=O)O)c1ccc(F)cc1. The first-order valence-electron chi connectivity index (χ1n) is 6.92. The largest absolute Gasteiger partial charge is 0.496 e. The van der Waals surface area contributed by atoms with Gasteiger partial charge in [-0.2, -0.15) is 0 Å². The molecule has 0 aliphatic carbocycles. The topological polar surface area (TPSA) is 75.6 Å².